The first kappa shape index (κ1) is 17.8. The third kappa shape index (κ3) is 6.53. The van der Waals surface area contributed by atoms with Gasteiger partial charge in [-0.15, -0.1) is 0 Å². The first-order valence-corrected chi connectivity index (χ1v) is 7.65. The van der Waals surface area contributed by atoms with Crippen LogP contribution in [0.15, 0.2) is 0 Å². The van der Waals surface area contributed by atoms with Gasteiger partial charge in [0.25, 0.3) is 0 Å². The summed E-state index contributed by atoms with van der Waals surface area (Å²) in [7, 11) is -3.66. The van der Waals surface area contributed by atoms with E-state index in [0.29, 0.717) is 0 Å². The summed E-state index contributed by atoms with van der Waals surface area (Å²) < 4.78 is 25.1. The van der Waals surface area contributed by atoms with Crippen molar-refractivity contribution in [2.45, 2.75) is 33.7 Å². The average Bonchev–Trinajstić information content (AvgIpc) is 2.20. The van der Waals surface area contributed by atoms with Gasteiger partial charge in [-0.3, -0.25) is 9.59 Å². The van der Waals surface area contributed by atoms with Crippen LogP contribution in [0.3, 0.4) is 0 Å². The SMILES string of the molecule is CC(=O)NCCN(C(C)C(=O)O)S(=O)(=O)CC(C)C. The minimum atomic E-state index is -3.66. The van der Waals surface area contributed by atoms with Gasteiger partial charge in [-0.2, -0.15) is 4.31 Å². The molecule has 1 unspecified atom stereocenters. The standard InChI is InChI=1S/C11H22N2O5S/c1-8(2)7-19(17,18)13(9(3)11(15)16)6-5-12-10(4)14/h8-9H,5-7H2,1-4H3,(H,12,14)(H,15,16). The first-order chi connectivity index (χ1) is 8.58. The Morgan fingerprint density at radius 2 is 1.79 bits per heavy atom. The molecule has 0 aliphatic carbocycles. The minimum absolute atomic E-state index is 0.0535. The molecule has 19 heavy (non-hydrogen) atoms. The Labute approximate surface area is 114 Å². The smallest absolute Gasteiger partial charge is 0.321 e. The highest BCUT2D eigenvalue weighted by molar-refractivity contribution is 7.89. The van der Waals surface area contributed by atoms with E-state index < -0.39 is 22.0 Å². The van der Waals surface area contributed by atoms with Crippen LogP contribution in [0.25, 0.3) is 0 Å². The van der Waals surface area contributed by atoms with E-state index in [9.17, 15) is 18.0 Å². The predicted octanol–water partition coefficient (Wildman–Crippen LogP) is -0.117. The first-order valence-electron chi connectivity index (χ1n) is 6.04. The molecule has 0 heterocycles. The number of hydrogen-bond acceptors (Lipinski definition) is 4. The van der Waals surface area contributed by atoms with Crippen molar-refractivity contribution in [3.8, 4) is 0 Å². The summed E-state index contributed by atoms with van der Waals surface area (Å²) in [6, 6.07) is -1.16. The van der Waals surface area contributed by atoms with Crippen molar-refractivity contribution in [2.75, 3.05) is 18.8 Å². The zero-order valence-corrected chi connectivity index (χ0v) is 12.5. The lowest BCUT2D eigenvalue weighted by atomic mass is 10.3. The van der Waals surface area contributed by atoms with Gasteiger partial charge in [0.05, 0.1) is 5.75 Å². The molecule has 0 saturated carbocycles. The number of carboxylic acids is 1. The van der Waals surface area contributed by atoms with Crippen LogP contribution in [-0.2, 0) is 19.6 Å². The van der Waals surface area contributed by atoms with Crippen LogP contribution in [0, 0.1) is 5.92 Å². The molecular formula is C11H22N2O5S. The maximum absolute atomic E-state index is 12.1. The molecule has 1 amide bonds. The van der Waals surface area contributed by atoms with Gasteiger partial charge in [0.2, 0.25) is 15.9 Å². The number of sulfonamides is 1. The van der Waals surface area contributed by atoms with Crippen LogP contribution in [-0.4, -0.2) is 54.6 Å². The van der Waals surface area contributed by atoms with E-state index in [1.54, 1.807) is 13.8 Å². The van der Waals surface area contributed by atoms with Crippen molar-refractivity contribution in [1.29, 1.82) is 0 Å². The number of carboxylic acid groups (broad SMARTS) is 1. The number of rotatable bonds is 8. The lowest BCUT2D eigenvalue weighted by molar-refractivity contribution is -0.140. The lowest BCUT2D eigenvalue weighted by Gasteiger charge is -2.26. The van der Waals surface area contributed by atoms with E-state index in [1.165, 1.54) is 13.8 Å². The molecule has 0 bridgehead atoms. The third-order valence-corrected chi connectivity index (χ3v) is 4.70. The third-order valence-electron chi connectivity index (χ3n) is 2.40. The number of aliphatic carboxylic acids is 1. The van der Waals surface area contributed by atoms with E-state index in [4.69, 9.17) is 5.11 Å². The second-order valence-electron chi connectivity index (χ2n) is 4.78. The summed E-state index contributed by atoms with van der Waals surface area (Å²) in [6.07, 6.45) is 0. The van der Waals surface area contributed by atoms with Crippen LogP contribution in [0.4, 0.5) is 0 Å². The molecule has 1 atom stereocenters. The van der Waals surface area contributed by atoms with Gasteiger partial charge in [-0.05, 0) is 12.8 Å². The highest BCUT2D eigenvalue weighted by Gasteiger charge is 2.31. The second kappa shape index (κ2) is 7.44. The minimum Gasteiger partial charge on any atom is -0.480 e. The molecular weight excluding hydrogens is 272 g/mol. The molecule has 0 aromatic heterocycles. The van der Waals surface area contributed by atoms with E-state index in [1.807, 2.05) is 0 Å². The summed E-state index contributed by atoms with van der Waals surface area (Å²) in [5.74, 6) is -1.72. The van der Waals surface area contributed by atoms with Crippen molar-refractivity contribution in [3.05, 3.63) is 0 Å². The number of amides is 1. The molecule has 2 N–H and O–H groups in total. The lowest BCUT2D eigenvalue weighted by Crippen LogP contribution is -2.48. The summed E-state index contributed by atoms with van der Waals surface area (Å²) in [6.45, 7) is 6.15. The Bertz CT molecular complexity index is 419. The number of nitrogens with one attached hydrogen (secondary N) is 1. The molecule has 112 valence electrons. The molecule has 0 aliphatic heterocycles. The van der Waals surface area contributed by atoms with Crippen molar-refractivity contribution in [3.63, 3.8) is 0 Å². The summed E-state index contributed by atoms with van der Waals surface area (Å²) >= 11 is 0. The monoisotopic (exact) mass is 294 g/mol. The van der Waals surface area contributed by atoms with Crippen LogP contribution >= 0.6 is 0 Å². The van der Waals surface area contributed by atoms with Gasteiger partial charge in [0.15, 0.2) is 0 Å². The van der Waals surface area contributed by atoms with Gasteiger partial charge in [-0.25, -0.2) is 8.42 Å². The van der Waals surface area contributed by atoms with Crippen molar-refractivity contribution < 1.29 is 23.1 Å². The maximum atomic E-state index is 12.1. The molecule has 0 rings (SSSR count). The molecule has 0 aliphatic rings. The van der Waals surface area contributed by atoms with Crippen LogP contribution in [0.5, 0.6) is 0 Å². The summed E-state index contributed by atoms with van der Waals surface area (Å²) in [5.41, 5.74) is 0. The Balaban J connectivity index is 4.95. The summed E-state index contributed by atoms with van der Waals surface area (Å²) in [5, 5.41) is 11.4. The molecule has 7 nitrogen and oxygen atoms in total. The number of hydrogen-bond donors (Lipinski definition) is 2. The van der Waals surface area contributed by atoms with Crippen LogP contribution < -0.4 is 5.32 Å². The molecule has 8 heteroatoms. The zero-order chi connectivity index (χ0) is 15.2. The molecule has 0 aromatic rings. The number of carbonyl (C=O) groups is 2. The number of carbonyl (C=O) groups excluding carboxylic acids is 1. The van der Waals surface area contributed by atoms with Gasteiger partial charge in [0, 0.05) is 20.0 Å². The largest absolute Gasteiger partial charge is 0.480 e. The van der Waals surface area contributed by atoms with Gasteiger partial charge >= 0.3 is 5.97 Å². The quantitative estimate of drug-likeness (QED) is 0.649. The molecule has 0 spiro atoms. The maximum Gasteiger partial charge on any atom is 0.321 e. The van der Waals surface area contributed by atoms with Gasteiger partial charge in [0.1, 0.15) is 6.04 Å². The summed E-state index contributed by atoms with van der Waals surface area (Å²) in [4.78, 5) is 21.7. The second-order valence-corrected chi connectivity index (χ2v) is 6.75. The average molecular weight is 294 g/mol. The van der Waals surface area contributed by atoms with E-state index >= 15 is 0 Å². The highest BCUT2D eigenvalue weighted by Crippen LogP contribution is 2.11. The predicted molar refractivity (Wildman–Crippen MR) is 71.1 cm³/mol. The molecule has 0 radical (unpaired) electrons. The fourth-order valence-electron chi connectivity index (χ4n) is 1.56. The Hall–Kier alpha value is -1.15. The van der Waals surface area contributed by atoms with Crippen LogP contribution in [0.1, 0.15) is 27.7 Å². The topological polar surface area (TPSA) is 104 Å². The van der Waals surface area contributed by atoms with Gasteiger partial charge in [-0.1, -0.05) is 13.8 Å². The van der Waals surface area contributed by atoms with Crippen molar-refractivity contribution in [2.24, 2.45) is 5.92 Å². The fraction of sp³-hybridized carbons (Fsp3) is 0.818. The molecule has 0 aromatic carbocycles. The van der Waals surface area contributed by atoms with Gasteiger partial charge < -0.3 is 10.4 Å². The normalized spacial score (nSPS) is 13.6. The molecule has 0 fully saturated rings. The Morgan fingerprint density at radius 3 is 2.16 bits per heavy atom. The van der Waals surface area contributed by atoms with E-state index in [2.05, 4.69) is 5.32 Å². The zero-order valence-electron chi connectivity index (χ0n) is 11.7. The van der Waals surface area contributed by atoms with Crippen LogP contribution in [0.2, 0.25) is 0 Å². The molecule has 0 saturated heterocycles. The van der Waals surface area contributed by atoms with Crippen molar-refractivity contribution >= 4 is 21.9 Å². The van der Waals surface area contributed by atoms with Crippen molar-refractivity contribution in [1.82, 2.24) is 9.62 Å². The Kier molecular flexibility index (Phi) is 6.99. The van der Waals surface area contributed by atoms with E-state index in [-0.39, 0.29) is 30.7 Å². The van der Waals surface area contributed by atoms with E-state index in [0.717, 1.165) is 4.31 Å². The number of nitrogens with zero attached hydrogens (tertiary/aromatic N) is 1. The fourth-order valence-corrected chi connectivity index (χ4v) is 3.53. The Morgan fingerprint density at radius 1 is 1.26 bits per heavy atom. The highest BCUT2D eigenvalue weighted by atomic mass is 32.2.